The quantitative estimate of drug-likeness (QED) is 0.703. The molecule has 2 rings (SSSR count). The second-order valence-corrected chi connectivity index (χ2v) is 7.20. The molecule has 2 fully saturated rings. The van der Waals surface area contributed by atoms with Crippen molar-refractivity contribution in [3.8, 4) is 0 Å². The summed E-state index contributed by atoms with van der Waals surface area (Å²) in [5, 5.41) is 3.91. The highest BCUT2D eigenvalue weighted by Crippen LogP contribution is 2.30. The average molecular weight is 263 g/mol. The third-order valence-corrected chi connectivity index (χ3v) is 5.46. The Morgan fingerprint density at radius 1 is 0.632 bits per heavy atom. The molecule has 0 aromatic rings. The van der Waals surface area contributed by atoms with Crippen molar-refractivity contribution in [1.82, 2.24) is 5.32 Å². The van der Waals surface area contributed by atoms with E-state index in [0.717, 1.165) is 17.8 Å². The summed E-state index contributed by atoms with van der Waals surface area (Å²) < 4.78 is 0. The van der Waals surface area contributed by atoms with Crippen LogP contribution in [-0.4, -0.2) is 20.4 Å². The lowest BCUT2D eigenvalue weighted by Gasteiger charge is -2.28. The molecule has 3 atom stereocenters. The minimum absolute atomic E-state index is 0.839. The summed E-state index contributed by atoms with van der Waals surface area (Å²) in [4.78, 5) is 0. The van der Waals surface area contributed by atoms with E-state index in [1.54, 1.807) is 0 Å². The summed E-state index contributed by atoms with van der Waals surface area (Å²) in [5.41, 5.74) is 0. The average Bonchev–Trinajstić information content (AvgIpc) is 2.60. The smallest absolute Gasteiger partial charge is 0.105 e. The van der Waals surface area contributed by atoms with E-state index in [2.05, 4.69) is 13.2 Å². The molecule has 2 heteroatoms. The molecule has 1 heterocycles. The first-order valence-corrected chi connectivity index (χ1v) is 9.09. The van der Waals surface area contributed by atoms with Crippen molar-refractivity contribution >= 4 is 7.85 Å². The molecule has 1 aliphatic carbocycles. The Morgan fingerprint density at radius 3 is 2.21 bits per heavy atom. The van der Waals surface area contributed by atoms with Crippen molar-refractivity contribution in [1.29, 1.82) is 0 Å². The molecule has 1 N–H and O–H groups in total. The van der Waals surface area contributed by atoms with E-state index < -0.39 is 0 Å². The monoisotopic (exact) mass is 263 g/mol. The molecular formula is C17H34BN. The number of hydrogen-bond donors (Lipinski definition) is 1. The van der Waals surface area contributed by atoms with E-state index in [9.17, 15) is 0 Å². The van der Waals surface area contributed by atoms with Gasteiger partial charge in [-0.05, 0) is 38.1 Å². The van der Waals surface area contributed by atoms with Gasteiger partial charge in [-0.3, -0.25) is 0 Å². The fraction of sp³-hybridized carbons (Fsp3) is 1.00. The van der Waals surface area contributed by atoms with Crippen molar-refractivity contribution in [2.45, 2.75) is 95.3 Å². The summed E-state index contributed by atoms with van der Waals surface area (Å²) in [6, 6.07) is 0.839. The number of hydrogen-bond acceptors (Lipinski definition) is 1. The lowest BCUT2D eigenvalue weighted by atomic mass is 9.79. The van der Waals surface area contributed by atoms with Crippen LogP contribution in [0.4, 0.5) is 0 Å². The van der Waals surface area contributed by atoms with Gasteiger partial charge in [0.2, 0.25) is 0 Å². The van der Waals surface area contributed by atoms with Gasteiger partial charge in [-0.1, -0.05) is 63.6 Å². The van der Waals surface area contributed by atoms with Crippen LogP contribution in [-0.2, 0) is 0 Å². The van der Waals surface area contributed by atoms with Crippen molar-refractivity contribution in [3.05, 3.63) is 0 Å². The van der Waals surface area contributed by atoms with Crippen LogP contribution in [0.15, 0.2) is 0 Å². The minimum Gasteiger partial charge on any atom is -0.314 e. The second kappa shape index (κ2) is 9.05. The van der Waals surface area contributed by atoms with Crippen molar-refractivity contribution in [3.63, 3.8) is 0 Å². The van der Waals surface area contributed by atoms with Gasteiger partial charge in [0.15, 0.2) is 0 Å². The topological polar surface area (TPSA) is 12.0 Å². The fourth-order valence-corrected chi connectivity index (χ4v) is 4.13. The zero-order chi connectivity index (χ0) is 13.3. The predicted molar refractivity (Wildman–Crippen MR) is 87.6 cm³/mol. The maximum absolute atomic E-state index is 3.91. The fourth-order valence-electron chi connectivity index (χ4n) is 4.13. The SMILES string of the molecule is BC1CCCCC(C2CCCCCCCN2)CCC1. The molecule has 2 aliphatic rings. The Morgan fingerprint density at radius 2 is 1.26 bits per heavy atom. The van der Waals surface area contributed by atoms with Gasteiger partial charge in [0.05, 0.1) is 0 Å². The third-order valence-electron chi connectivity index (χ3n) is 5.46. The van der Waals surface area contributed by atoms with Crippen LogP contribution in [0.25, 0.3) is 0 Å². The van der Waals surface area contributed by atoms with Crippen LogP contribution in [0, 0.1) is 5.92 Å². The van der Waals surface area contributed by atoms with E-state index in [1.165, 1.54) is 90.0 Å². The zero-order valence-corrected chi connectivity index (χ0v) is 13.1. The largest absolute Gasteiger partial charge is 0.314 e. The molecule has 1 saturated heterocycles. The van der Waals surface area contributed by atoms with Gasteiger partial charge >= 0.3 is 0 Å². The second-order valence-electron chi connectivity index (χ2n) is 7.20. The Bertz CT molecular complexity index is 221. The summed E-state index contributed by atoms with van der Waals surface area (Å²) in [5.74, 6) is 1.95. The molecule has 0 aromatic carbocycles. The molecule has 0 spiro atoms. The summed E-state index contributed by atoms with van der Waals surface area (Å²) in [7, 11) is 2.46. The molecule has 0 amide bonds. The van der Waals surface area contributed by atoms with Crippen LogP contribution in [0.1, 0.15) is 83.5 Å². The van der Waals surface area contributed by atoms with Crippen molar-refractivity contribution in [2.24, 2.45) is 5.92 Å². The Hall–Kier alpha value is 0.0249. The minimum atomic E-state index is 0.839. The normalized spacial score (nSPS) is 36.1. The van der Waals surface area contributed by atoms with Crippen molar-refractivity contribution in [2.75, 3.05) is 6.54 Å². The number of rotatable bonds is 1. The van der Waals surface area contributed by atoms with Crippen LogP contribution in [0.5, 0.6) is 0 Å². The summed E-state index contributed by atoms with van der Waals surface area (Å²) in [6.07, 6.45) is 19.1. The molecule has 3 unspecified atom stereocenters. The van der Waals surface area contributed by atoms with Gasteiger partial charge < -0.3 is 5.32 Å². The summed E-state index contributed by atoms with van der Waals surface area (Å²) in [6.45, 7) is 1.28. The third kappa shape index (κ3) is 5.89. The predicted octanol–water partition coefficient (Wildman–Crippen LogP) is 4.08. The molecule has 0 aromatic heterocycles. The maximum atomic E-state index is 3.91. The van der Waals surface area contributed by atoms with E-state index in [0.29, 0.717) is 0 Å². The molecule has 19 heavy (non-hydrogen) atoms. The standard InChI is InChI=1S/C17H34BN/c18-16-11-6-5-9-15(10-8-12-16)17-13-4-2-1-3-7-14-19-17/h15-17,19H,1-14,18H2. The van der Waals surface area contributed by atoms with Crippen LogP contribution in [0.2, 0.25) is 5.82 Å². The van der Waals surface area contributed by atoms with Gasteiger partial charge in [0.25, 0.3) is 0 Å². The van der Waals surface area contributed by atoms with Crippen molar-refractivity contribution < 1.29 is 0 Å². The first kappa shape index (κ1) is 15.4. The van der Waals surface area contributed by atoms with Crippen LogP contribution < -0.4 is 5.32 Å². The molecule has 1 saturated carbocycles. The number of nitrogens with one attached hydrogen (secondary N) is 1. The highest BCUT2D eigenvalue weighted by Gasteiger charge is 2.22. The van der Waals surface area contributed by atoms with Gasteiger partial charge in [-0.25, -0.2) is 0 Å². The molecule has 0 radical (unpaired) electrons. The first-order valence-electron chi connectivity index (χ1n) is 9.09. The molecule has 0 bridgehead atoms. The Balaban J connectivity index is 1.84. The van der Waals surface area contributed by atoms with E-state index in [1.807, 2.05) is 0 Å². The highest BCUT2D eigenvalue weighted by atomic mass is 14.9. The van der Waals surface area contributed by atoms with E-state index >= 15 is 0 Å². The van der Waals surface area contributed by atoms with Gasteiger partial charge in [0.1, 0.15) is 7.85 Å². The van der Waals surface area contributed by atoms with Gasteiger partial charge in [0, 0.05) is 6.04 Å². The molecule has 1 aliphatic heterocycles. The van der Waals surface area contributed by atoms with E-state index in [4.69, 9.17) is 0 Å². The zero-order valence-electron chi connectivity index (χ0n) is 13.1. The molecular weight excluding hydrogens is 229 g/mol. The lowest BCUT2D eigenvalue weighted by Crippen LogP contribution is -2.36. The first-order chi connectivity index (χ1) is 9.36. The van der Waals surface area contributed by atoms with Crippen LogP contribution >= 0.6 is 0 Å². The van der Waals surface area contributed by atoms with E-state index in [-0.39, 0.29) is 0 Å². The van der Waals surface area contributed by atoms with Crippen LogP contribution in [0.3, 0.4) is 0 Å². The lowest BCUT2D eigenvalue weighted by molar-refractivity contribution is 0.289. The Kier molecular flexibility index (Phi) is 7.34. The van der Waals surface area contributed by atoms with Gasteiger partial charge in [-0.15, -0.1) is 0 Å². The highest BCUT2D eigenvalue weighted by molar-refractivity contribution is 6.11. The van der Waals surface area contributed by atoms with Gasteiger partial charge in [-0.2, -0.15) is 0 Å². The molecule has 110 valence electrons. The maximum Gasteiger partial charge on any atom is 0.105 e. The molecule has 1 nitrogen and oxygen atoms in total. The summed E-state index contributed by atoms with van der Waals surface area (Å²) >= 11 is 0. The Labute approximate surface area is 121 Å².